The zero-order chi connectivity index (χ0) is 5.28. The second-order valence-corrected chi connectivity index (χ2v) is 2.64. The Morgan fingerprint density at radius 2 is 2.57 bits per heavy atom. The summed E-state index contributed by atoms with van der Waals surface area (Å²) in [6, 6.07) is 0. The third-order valence-electron chi connectivity index (χ3n) is 0.647. The molecule has 0 aliphatic heterocycles. The average Bonchev–Trinajstić information content (AvgIpc) is 1.91. The van der Waals surface area contributed by atoms with Crippen LogP contribution in [0, 0.1) is 10.7 Å². The van der Waals surface area contributed by atoms with E-state index in [1.807, 2.05) is 6.92 Å². The Hall–Kier alpha value is -0.220. The topological polar surface area (TPSA) is 28.7 Å². The Bertz CT molecular complexity index is 199. The van der Waals surface area contributed by atoms with Crippen molar-refractivity contribution in [2.45, 2.75) is 6.92 Å². The van der Waals surface area contributed by atoms with Gasteiger partial charge < -0.3 is 0 Å². The highest BCUT2D eigenvalue weighted by atomic mass is 32.2. The van der Waals surface area contributed by atoms with Crippen molar-refractivity contribution < 1.29 is 0 Å². The fourth-order valence-electron chi connectivity index (χ4n) is 0.252. The first-order chi connectivity index (χ1) is 3.30. The Balaban J connectivity index is 3.39. The molecule has 0 atom stereocenters. The average molecular weight is 132 g/mol. The van der Waals surface area contributed by atoms with Crippen molar-refractivity contribution in [1.29, 1.82) is 0 Å². The van der Waals surface area contributed by atoms with Gasteiger partial charge in [-0.3, -0.25) is 0 Å². The van der Waals surface area contributed by atoms with Crippen LogP contribution in [0.5, 0.6) is 0 Å². The molecule has 0 amide bonds. The quantitative estimate of drug-likeness (QED) is 0.542. The summed E-state index contributed by atoms with van der Waals surface area (Å²) in [6.07, 6.45) is 0. The molecule has 1 aromatic heterocycles. The number of nitrogens with one attached hydrogen (secondary N) is 1. The Morgan fingerprint density at radius 1 is 1.86 bits per heavy atom. The third-order valence-corrected chi connectivity index (χ3v) is 1.86. The molecule has 38 valence electrons. The van der Waals surface area contributed by atoms with Gasteiger partial charge in [-0.15, -0.1) is 0 Å². The van der Waals surface area contributed by atoms with Gasteiger partial charge in [0, 0.05) is 0 Å². The lowest BCUT2D eigenvalue weighted by Crippen LogP contribution is -1.66. The second kappa shape index (κ2) is 1.71. The predicted molar refractivity (Wildman–Crippen MR) is 32.0 cm³/mol. The van der Waals surface area contributed by atoms with E-state index in [0.717, 1.165) is 9.52 Å². The van der Waals surface area contributed by atoms with E-state index in [0.29, 0.717) is 0 Å². The molecule has 4 heteroatoms. The molecule has 2 nitrogen and oxygen atoms in total. The molecule has 1 aromatic rings. The molecule has 1 N–H and O–H groups in total. The van der Waals surface area contributed by atoms with Gasteiger partial charge in [-0.05, 0) is 18.5 Å². The molecule has 7 heavy (non-hydrogen) atoms. The number of rotatable bonds is 0. The van der Waals surface area contributed by atoms with Gasteiger partial charge in [-0.25, -0.2) is 4.49 Å². The fourth-order valence-corrected chi connectivity index (χ4v) is 0.869. The van der Waals surface area contributed by atoms with Gasteiger partial charge in [0.25, 0.3) is 0 Å². The maximum absolute atomic E-state index is 4.81. The standard InChI is InChI=1S/C3H4N2S2/c1-2-3(6)7-5-4-2/h5H,1H3. The van der Waals surface area contributed by atoms with E-state index in [1.54, 1.807) is 0 Å². The lowest BCUT2D eigenvalue weighted by molar-refractivity contribution is 1.09. The van der Waals surface area contributed by atoms with Gasteiger partial charge in [0.2, 0.25) is 0 Å². The van der Waals surface area contributed by atoms with Crippen LogP contribution in [0.25, 0.3) is 0 Å². The van der Waals surface area contributed by atoms with Gasteiger partial charge in [0.1, 0.15) is 3.82 Å². The SMILES string of the molecule is Cc1n[nH]sc1=S. The molecule has 1 rings (SSSR count). The van der Waals surface area contributed by atoms with Gasteiger partial charge in [-0.2, -0.15) is 5.10 Å². The molecule has 0 spiro atoms. The summed E-state index contributed by atoms with van der Waals surface area (Å²) in [7, 11) is 0. The summed E-state index contributed by atoms with van der Waals surface area (Å²) in [4.78, 5) is 0. The summed E-state index contributed by atoms with van der Waals surface area (Å²) in [5.41, 5.74) is 0.917. The first-order valence-corrected chi connectivity index (χ1v) is 3.03. The van der Waals surface area contributed by atoms with E-state index in [2.05, 4.69) is 9.59 Å². The molecule has 0 saturated heterocycles. The third kappa shape index (κ3) is 0.863. The second-order valence-electron chi connectivity index (χ2n) is 1.18. The van der Waals surface area contributed by atoms with Crippen LogP contribution in [0.4, 0.5) is 0 Å². The number of nitrogens with zero attached hydrogens (tertiary/aromatic N) is 1. The molecule has 0 aromatic carbocycles. The highest BCUT2D eigenvalue weighted by Gasteiger charge is 1.85. The minimum atomic E-state index is 0.847. The highest BCUT2D eigenvalue weighted by molar-refractivity contribution is 7.73. The van der Waals surface area contributed by atoms with Crippen LogP contribution in [0.3, 0.4) is 0 Å². The van der Waals surface area contributed by atoms with Crippen LogP contribution in [0.1, 0.15) is 5.69 Å². The van der Waals surface area contributed by atoms with E-state index in [-0.39, 0.29) is 0 Å². The van der Waals surface area contributed by atoms with E-state index >= 15 is 0 Å². The zero-order valence-electron chi connectivity index (χ0n) is 3.76. The van der Waals surface area contributed by atoms with Gasteiger partial charge in [0.05, 0.1) is 5.69 Å². The maximum atomic E-state index is 4.81. The maximum Gasteiger partial charge on any atom is 0.131 e. The summed E-state index contributed by atoms with van der Waals surface area (Å²) in [5.74, 6) is 0. The van der Waals surface area contributed by atoms with Gasteiger partial charge >= 0.3 is 0 Å². The Kier molecular flexibility index (Phi) is 1.21. The van der Waals surface area contributed by atoms with Crippen molar-refractivity contribution in [1.82, 2.24) is 9.59 Å². The molecule has 0 fully saturated rings. The first kappa shape index (κ1) is 4.93. The number of aryl methyl sites for hydroxylation is 1. The van der Waals surface area contributed by atoms with Crippen molar-refractivity contribution in [2.75, 3.05) is 0 Å². The van der Waals surface area contributed by atoms with Crippen LogP contribution < -0.4 is 0 Å². The minimum Gasteiger partial charge on any atom is -0.231 e. The van der Waals surface area contributed by atoms with Crippen molar-refractivity contribution in [3.05, 3.63) is 9.52 Å². The smallest absolute Gasteiger partial charge is 0.131 e. The van der Waals surface area contributed by atoms with Crippen LogP contribution in [-0.2, 0) is 0 Å². The summed E-state index contributed by atoms with van der Waals surface area (Å²) < 4.78 is 3.53. The van der Waals surface area contributed by atoms with E-state index < -0.39 is 0 Å². The lowest BCUT2D eigenvalue weighted by Gasteiger charge is -1.65. The van der Waals surface area contributed by atoms with Crippen LogP contribution in [-0.4, -0.2) is 9.59 Å². The molecule has 0 bridgehead atoms. The number of aromatic amines is 1. The van der Waals surface area contributed by atoms with Crippen molar-refractivity contribution in [3.63, 3.8) is 0 Å². The van der Waals surface area contributed by atoms with Gasteiger partial charge in [0.15, 0.2) is 0 Å². The fraction of sp³-hybridized carbons (Fsp3) is 0.333. The number of hydrogen-bond donors (Lipinski definition) is 1. The summed E-state index contributed by atoms with van der Waals surface area (Å²) in [6.45, 7) is 1.88. The lowest BCUT2D eigenvalue weighted by atomic mass is 10.6. The van der Waals surface area contributed by atoms with Crippen LogP contribution in [0.15, 0.2) is 0 Å². The predicted octanol–water partition coefficient (Wildman–Crippen LogP) is 1.51. The Labute approximate surface area is 50.3 Å². The van der Waals surface area contributed by atoms with Crippen molar-refractivity contribution in [2.24, 2.45) is 0 Å². The highest BCUT2D eigenvalue weighted by Crippen LogP contribution is 1.98. The monoisotopic (exact) mass is 132 g/mol. The summed E-state index contributed by atoms with van der Waals surface area (Å²) >= 11 is 6.19. The van der Waals surface area contributed by atoms with Crippen molar-refractivity contribution >= 4 is 23.8 Å². The molecule has 0 unspecified atom stereocenters. The molecule has 0 aliphatic rings. The normalized spacial score (nSPS) is 9.29. The molecule has 0 aliphatic carbocycles. The molecule has 1 heterocycles. The molecule has 0 saturated carbocycles. The first-order valence-electron chi connectivity index (χ1n) is 1.81. The molecular formula is C3H4N2S2. The van der Waals surface area contributed by atoms with Crippen LogP contribution >= 0.6 is 23.8 Å². The largest absolute Gasteiger partial charge is 0.231 e. The number of hydrogen-bond acceptors (Lipinski definition) is 3. The van der Waals surface area contributed by atoms with Crippen LogP contribution in [0.2, 0.25) is 0 Å². The molecular weight excluding hydrogens is 128 g/mol. The van der Waals surface area contributed by atoms with E-state index in [4.69, 9.17) is 12.2 Å². The molecule has 0 radical (unpaired) electrons. The summed E-state index contributed by atoms with van der Waals surface area (Å²) in [5, 5.41) is 3.81. The van der Waals surface area contributed by atoms with Crippen molar-refractivity contribution in [3.8, 4) is 0 Å². The number of H-pyrrole nitrogens is 1. The minimum absolute atomic E-state index is 0.847. The van der Waals surface area contributed by atoms with Gasteiger partial charge in [-0.1, -0.05) is 12.2 Å². The van der Waals surface area contributed by atoms with E-state index in [1.165, 1.54) is 11.5 Å². The van der Waals surface area contributed by atoms with E-state index in [9.17, 15) is 0 Å². The Morgan fingerprint density at radius 3 is 2.71 bits per heavy atom. The zero-order valence-corrected chi connectivity index (χ0v) is 5.40. The number of aromatic nitrogens is 2.